The number of rotatable bonds is 6. The number of hydrogen-bond donors (Lipinski definition) is 2. The van der Waals surface area contributed by atoms with Gasteiger partial charge in [-0.3, -0.25) is 9.59 Å². The molecule has 7 nitrogen and oxygen atoms in total. The molecule has 0 bridgehead atoms. The lowest BCUT2D eigenvalue weighted by Crippen LogP contribution is -2.47. The van der Waals surface area contributed by atoms with Crippen molar-refractivity contribution in [1.82, 2.24) is 9.88 Å². The lowest BCUT2D eigenvalue weighted by Gasteiger charge is -2.37. The van der Waals surface area contributed by atoms with Crippen molar-refractivity contribution in [1.29, 1.82) is 0 Å². The first-order valence-corrected chi connectivity index (χ1v) is 10.7. The van der Waals surface area contributed by atoms with Crippen LogP contribution in [-0.2, 0) is 4.79 Å². The largest absolute Gasteiger partial charge is 0.393 e. The normalized spacial score (nSPS) is 22.0. The second kappa shape index (κ2) is 9.22. The topological polar surface area (TPSA) is 94.0 Å². The highest BCUT2D eigenvalue weighted by atomic mass is 16.3. The average molecular weight is 404 g/mol. The van der Waals surface area contributed by atoms with E-state index in [1.54, 1.807) is 17.2 Å². The third kappa shape index (κ3) is 5.34. The summed E-state index contributed by atoms with van der Waals surface area (Å²) in [7, 11) is 0. The molecule has 0 aromatic carbocycles. The van der Waals surface area contributed by atoms with Gasteiger partial charge in [0.15, 0.2) is 0 Å². The van der Waals surface area contributed by atoms with Gasteiger partial charge in [-0.05, 0) is 43.7 Å². The Labute approximate surface area is 172 Å². The monoisotopic (exact) mass is 403 g/mol. The third-order valence-electron chi connectivity index (χ3n) is 6.08. The van der Waals surface area contributed by atoms with Gasteiger partial charge in [-0.15, -0.1) is 0 Å². The smallest absolute Gasteiger partial charge is 0.255 e. The summed E-state index contributed by atoms with van der Waals surface area (Å²) in [5, 5.41) is 19.4. The standard InChI is InChI=1S/C22H33N3O4/c1-16(2)12-19(27)18-4-3-9-25(14-18)21(28)17-5-6-20(23-13-17)24-10-7-22(29,15-26)8-11-24/h5-6,13,16,18,26,29H,3-4,7-12,14-15H2,1-2H3. The lowest BCUT2D eigenvalue weighted by atomic mass is 9.89. The molecule has 1 atom stereocenters. The van der Waals surface area contributed by atoms with Gasteiger partial charge in [0.2, 0.25) is 0 Å². The Bertz CT molecular complexity index is 711. The zero-order valence-corrected chi connectivity index (χ0v) is 17.5. The number of aromatic nitrogens is 1. The first-order chi connectivity index (χ1) is 13.8. The van der Waals surface area contributed by atoms with Crippen LogP contribution in [0.1, 0.15) is 56.3 Å². The van der Waals surface area contributed by atoms with E-state index in [-0.39, 0.29) is 24.2 Å². The second-order valence-electron chi connectivity index (χ2n) is 8.93. The number of nitrogens with zero attached hydrogens (tertiary/aromatic N) is 3. The number of piperidine rings is 2. The van der Waals surface area contributed by atoms with E-state index < -0.39 is 5.60 Å². The van der Waals surface area contributed by atoms with Gasteiger partial charge in [-0.2, -0.15) is 0 Å². The van der Waals surface area contributed by atoms with Gasteiger partial charge in [0.1, 0.15) is 11.6 Å². The highest BCUT2D eigenvalue weighted by Crippen LogP contribution is 2.26. The maximum atomic E-state index is 12.9. The molecule has 2 aliphatic heterocycles. The van der Waals surface area contributed by atoms with Crippen LogP contribution in [0, 0.1) is 11.8 Å². The van der Waals surface area contributed by atoms with Gasteiger partial charge in [0, 0.05) is 44.7 Å². The lowest BCUT2D eigenvalue weighted by molar-refractivity contribution is -0.124. The van der Waals surface area contributed by atoms with Crippen LogP contribution >= 0.6 is 0 Å². The summed E-state index contributed by atoms with van der Waals surface area (Å²) in [6, 6.07) is 3.62. The van der Waals surface area contributed by atoms with Crippen LogP contribution in [-0.4, -0.2) is 70.2 Å². The minimum atomic E-state index is -0.996. The third-order valence-corrected chi connectivity index (χ3v) is 6.08. The number of carbonyl (C=O) groups excluding carboxylic acids is 2. The zero-order valence-electron chi connectivity index (χ0n) is 17.5. The molecule has 160 valence electrons. The van der Waals surface area contributed by atoms with Gasteiger partial charge < -0.3 is 20.0 Å². The highest BCUT2D eigenvalue weighted by molar-refractivity contribution is 5.94. The van der Waals surface area contributed by atoms with E-state index in [4.69, 9.17) is 0 Å². The highest BCUT2D eigenvalue weighted by Gasteiger charge is 2.32. The fraction of sp³-hybridized carbons (Fsp3) is 0.682. The molecule has 2 fully saturated rings. The van der Waals surface area contributed by atoms with Gasteiger partial charge in [-0.25, -0.2) is 4.98 Å². The maximum Gasteiger partial charge on any atom is 0.255 e. The molecule has 0 saturated carbocycles. The Hall–Kier alpha value is -1.99. The molecule has 1 aromatic heterocycles. The maximum absolute atomic E-state index is 12.9. The molecule has 2 N–H and O–H groups in total. The number of carbonyl (C=O) groups is 2. The molecular weight excluding hydrogens is 370 g/mol. The van der Waals surface area contributed by atoms with Crippen molar-refractivity contribution in [2.45, 2.75) is 51.6 Å². The van der Waals surface area contributed by atoms with Crippen LogP contribution in [0.3, 0.4) is 0 Å². The number of ketones is 1. The van der Waals surface area contributed by atoms with Crippen molar-refractivity contribution in [3.05, 3.63) is 23.9 Å². The van der Waals surface area contributed by atoms with Crippen LogP contribution in [0.2, 0.25) is 0 Å². The molecule has 0 spiro atoms. The van der Waals surface area contributed by atoms with E-state index in [9.17, 15) is 19.8 Å². The van der Waals surface area contributed by atoms with E-state index >= 15 is 0 Å². The Morgan fingerprint density at radius 2 is 1.97 bits per heavy atom. The van der Waals surface area contributed by atoms with Crippen LogP contribution in [0.4, 0.5) is 5.82 Å². The number of likely N-dealkylation sites (tertiary alicyclic amines) is 1. The Morgan fingerprint density at radius 3 is 2.55 bits per heavy atom. The molecule has 3 heterocycles. The molecule has 0 radical (unpaired) electrons. The fourth-order valence-electron chi connectivity index (χ4n) is 4.19. The van der Waals surface area contributed by atoms with E-state index in [0.29, 0.717) is 56.9 Å². The minimum absolute atomic E-state index is 0.0547. The second-order valence-corrected chi connectivity index (χ2v) is 8.93. The Morgan fingerprint density at radius 1 is 1.24 bits per heavy atom. The molecular formula is C22H33N3O4. The van der Waals surface area contributed by atoms with Crippen molar-refractivity contribution < 1.29 is 19.8 Å². The van der Waals surface area contributed by atoms with Crippen LogP contribution in [0.25, 0.3) is 0 Å². The molecule has 3 rings (SSSR count). The molecule has 1 amide bonds. The molecule has 1 aromatic rings. The number of aliphatic hydroxyl groups excluding tert-OH is 1. The van der Waals surface area contributed by atoms with Crippen molar-refractivity contribution >= 4 is 17.5 Å². The average Bonchev–Trinajstić information content (AvgIpc) is 2.73. The predicted molar refractivity (Wildman–Crippen MR) is 111 cm³/mol. The molecule has 0 aliphatic carbocycles. The number of anilines is 1. The van der Waals surface area contributed by atoms with Crippen LogP contribution in [0.5, 0.6) is 0 Å². The number of pyridine rings is 1. The van der Waals surface area contributed by atoms with Crippen LogP contribution in [0.15, 0.2) is 18.3 Å². The number of amides is 1. The van der Waals surface area contributed by atoms with Crippen LogP contribution < -0.4 is 4.90 Å². The van der Waals surface area contributed by atoms with E-state index in [1.165, 1.54) is 0 Å². The first kappa shape index (κ1) is 21.7. The summed E-state index contributed by atoms with van der Waals surface area (Å²) in [5.74, 6) is 1.25. The molecule has 2 aliphatic rings. The minimum Gasteiger partial charge on any atom is -0.393 e. The molecule has 2 saturated heterocycles. The van der Waals surface area contributed by atoms with Crippen molar-refractivity contribution in [2.75, 3.05) is 37.7 Å². The van der Waals surface area contributed by atoms with Gasteiger partial charge >= 0.3 is 0 Å². The SMILES string of the molecule is CC(C)CC(=O)C1CCCN(C(=O)c2ccc(N3CCC(O)(CO)CC3)nc2)C1. The van der Waals surface area contributed by atoms with E-state index in [0.717, 1.165) is 18.7 Å². The van der Waals surface area contributed by atoms with Gasteiger partial charge in [0.25, 0.3) is 5.91 Å². The summed E-state index contributed by atoms with van der Waals surface area (Å²) in [6.07, 6.45) is 4.88. The van der Waals surface area contributed by atoms with Crippen molar-refractivity contribution in [3.63, 3.8) is 0 Å². The van der Waals surface area contributed by atoms with E-state index in [2.05, 4.69) is 9.88 Å². The van der Waals surface area contributed by atoms with Gasteiger partial charge in [-0.1, -0.05) is 13.8 Å². The van der Waals surface area contributed by atoms with Crippen molar-refractivity contribution in [3.8, 4) is 0 Å². The predicted octanol–water partition coefficient (Wildman–Crippen LogP) is 1.87. The fourth-order valence-corrected chi connectivity index (χ4v) is 4.19. The summed E-state index contributed by atoms with van der Waals surface area (Å²) in [4.78, 5) is 33.6. The Balaban J connectivity index is 1.59. The van der Waals surface area contributed by atoms with E-state index in [1.807, 2.05) is 19.9 Å². The zero-order chi connectivity index (χ0) is 21.0. The summed E-state index contributed by atoms with van der Waals surface area (Å²) in [6.45, 7) is 6.27. The Kier molecular flexibility index (Phi) is 6.90. The summed E-state index contributed by atoms with van der Waals surface area (Å²) >= 11 is 0. The number of hydrogen-bond acceptors (Lipinski definition) is 6. The summed E-state index contributed by atoms with van der Waals surface area (Å²) < 4.78 is 0. The summed E-state index contributed by atoms with van der Waals surface area (Å²) in [5.41, 5.74) is -0.459. The number of aliphatic hydroxyl groups is 2. The number of Topliss-reactive ketones (excluding diaryl/α,β-unsaturated/α-hetero) is 1. The molecule has 29 heavy (non-hydrogen) atoms. The molecule has 7 heteroatoms. The van der Waals surface area contributed by atoms with Gasteiger partial charge in [0.05, 0.1) is 17.8 Å². The molecule has 1 unspecified atom stereocenters. The van der Waals surface area contributed by atoms with Crippen molar-refractivity contribution in [2.24, 2.45) is 11.8 Å². The quantitative estimate of drug-likeness (QED) is 0.753. The first-order valence-electron chi connectivity index (χ1n) is 10.7.